The van der Waals surface area contributed by atoms with E-state index in [4.69, 9.17) is 0 Å². The molecule has 0 heterocycles. The van der Waals surface area contributed by atoms with Crippen LogP contribution in [0.4, 0.5) is 0 Å². The molecule has 0 spiro atoms. The third-order valence-electron chi connectivity index (χ3n) is 2.28. The lowest BCUT2D eigenvalue weighted by Crippen LogP contribution is -1.85. The van der Waals surface area contributed by atoms with Crippen molar-refractivity contribution in [1.82, 2.24) is 0 Å². The summed E-state index contributed by atoms with van der Waals surface area (Å²) in [4.78, 5) is 0. The molecule has 0 saturated heterocycles. The number of allylic oxidation sites excluding steroid dienone is 3. The number of hydrogen-bond acceptors (Lipinski definition) is 0. The van der Waals surface area contributed by atoms with Crippen molar-refractivity contribution < 1.29 is 0 Å². The molecule has 0 saturated carbocycles. The maximum Gasteiger partial charge on any atom is -0.0323 e. The van der Waals surface area contributed by atoms with Gasteiger partial charge in [0.1, 0.15) is 0 Å². The van der Waals surface area contributed by atoms with Crippen LogP contribution in [0.15, 0.2) is 24.3 Å². The highest BCUT2D eigenvalue weighted by molar-refractivity contribution is 5.00. The molecule has 0 aromatic rings. The Labute approximate surface area is 83.7 Å². The fourth-order valence-electron chi connectivity index (χ4n) is 1.35. The van der Waals surface area contributed by atoms with E-state index >= 15 is 0 Å². The molecule has 13 heavy (non-hydrogen) atoms. The topological polar surface area (TPSA) is 0 Å². The fourth-order valence-corrected chi connectivity index (χ4v) is 1.35. The molecule has 1 rings (SSSR count). The van der Waals surface area contributed by atoms with E-state index in [0.29, 0.717) is 0 Å². The summed E-state index contributed by atoms with van der Waals surface area (Å²) in [5.74, 6) is 0. The van der Waals surface area contributed by atoms with E-state index in [1.54, 1.807) is 5.57 Å². The number of unbranched alkanes of at least 4 members (excludes halogenated alkanes) is 2. The average Bonchev–Trinajstić information content (AvgIpc) is 2.17. The first-order valence-electron chi connectivity index (χ1n) is 5.57. The fraction of sp³-hybridized carbons (Fsp3) is 0.692. The summed E-state index contributed by atoms with van der Waals surface area (Å²) in [6.45, 7) is 8.00. The predicted octanol–water partition coefficient (Wildman–Crippen LogP) is 4.87. The van der Waals surface area contributed by atoms with Crippen LogP contribution < -0.4 is 0 Å². The Kier molecular flexibility index (Phi) is 9.18. The molecule has 0 aromatic carbocycles. The van der Waals surface area contributed by atoms with Crippen molar-refractivity contribution in [3.63, 3.8) is 0 Å². The van der Waals surface area contributed by atoms with E-state index in [1.807, 2.05) is 6.08 Å². The van der Waals surface area contributed by atoms with Crippen LogP contribution in [0.1, 0.15) is 58.8 Å². The zero-order valence-corrected chi connectivity index (χ0v) is 9.31. The van der Waals surface area contributed by atoms with E-state index in [1.165, 1.54) is 44.9 Å². The summed E-state index contributed by atoms with van der Waals surface area (Å²) < 4.78 is 0. The van der Waals surface area contributed by atoms with Gasteiger partial charge in [-0.05, 0) is 39.0 Å². The van der Waals surface area contributed by atoms with Crippen LogP contribution in [0.2, 0.25) is 0 Å². The minimum atomic E-state index is 1.18. The summed E-state index contributed by atoms with van der Waals surface area (Å²) in [6.07, 6.45) is 13.6. The molecular formula is C13H24. The Morgan fingerprint density at radius 1 is 1.46 bits per heavy atom. The molecule has 1 aliphatic rings. The van der Waals surface area contributed by atoms with Gasteiger partial charge in [-0.15, -0.1) is 6.58 Å². The first-order valence-corrected chi connectivity index (χ1v) is 5.57. The van der Waals surface area contributed by atoms with Crippen LogP contribution in [0.25, 0.3) is 0 Å². The second-order valence-electron chi connectivity index (χ2n) is 3.73. The van der Waals surface area contributed by atoms with Gasteiger partial charge in [-0.1, -0.05) is 37.5 Å². The lowest BCUT2D eigenvalue weighted by atomic mass is 10.0. The van der Waals surface area contributed by atoms with Crippen molar-refractivity contribution in [1.29, 1.82) is 0 Å². The van der Waals surface area contributed by atoms with E-state index in [9.17, 15) is 0 Å². The molecule has 0 heteroatoms. The zero-order valence-electron chi connectivity index (χ0n) is 9.31. The van der Waals surface area contributed by atoms with Crippen LogP contribution in [0.3, 0.4) is 0 Å². The highest BCUT2D eigenvalue weighted by Crippen LogP contribution is 2.15. The van der Waals surface area contributed by atoms with Gasteiger partial charge in [0.05, 0.1) is 0 Å². The van der Waals surface area contributed by atoms with Crippen molar-refractivity contribution in [2.75, 3.05) is 0 Å². The second kappa shape index (κ2) is 9.57. The van der Waals surface area contributed by atoms with E-state index < -0.39 is 0 Å². The summed E-state index contributed by atoms with van der Waals surface area (Å²) in [5.41, 5.74) is 1.59. The normalized spacial score (nSPS) is 15.4. The van der Waals surface area contributed by atoms with Crippen molar-refractivity contribution in [3.05, 3.63) is 24.3 Å². The minimum absolute atomic E-state index is 1.18. The summed E-state index contributed by atoms with van der Waals surface area (Å²) in [7, 11) is 0. The van der Waals surface area contributed by atoms with E-state index in [-0.39, 0.29) is 0 Å². The molecule has 0 fully saturated rings. The summed E-state index contributed by atoms with van der Waals surface area (Å²) in [6, 6.07) is 0. The maximum absolute atomic E-state index is 3.60. The zero-order chi connectivity index (χ0) is 9.94. The molecule has 0 nitrogen and oxygen atoms in total. The minimum Gasteiger partial charge on any atom is -0.103 e. The van der Waals surface area contributed by atoms with Gasteiger partial charge in [0.15, 0.2) is 0 Å². The molecule has 0 aliphatic heterocycles. The maximum atomic E-state index is 3.60. The third kappa shape index (κ3) is 9.39. The van der Waals surface area contributed by atoms with Gasteiger partial charge in [0.25, 0.3) is 0 Å². The van der Waals surface area contributed by atoms with E-state index in [0.717, 1.165) is 0 Å². The van der Waals surface area contributed by atoms with Gasteiger partial charge in [-0.25, -0.2) is 0 Å². The van der Waals surface area contributed by atoms with Crippen LogP contribution in [0.5, 0.6) is 0 Å². The van der Waals surface area contributed by atoms with Crippen molar-refractivity contribution >= 4 is 0 Å². The molecule has 0 atom stereocenters. The van der Waals surface area contributed by atoms with Gasteiger partial charge in [-0.3, -0.25) is 0 Å². The van der Waals surface area contributed by atoms with Crippen molar-refractivity contribution in [2.45, 2.75) is 58.8 Å². The molecule has 0 aromatic heterocycles. The van der Waals surface area contributed by atoms with Gasteiger partial charge >= 0.3 is 0 Å². The van der Waals surface area contributed by atoms with E-state index in [2.05, 4.69) is 26.5 Å². The Morgan fingerprint density at radius 3 is 2.46 bits per heavy atom. The largest absolute Gasteiger partial charge is 0.103 e. The van der Waals surface area contributed by atoms with Gasteiger partial charge in [0.2, 0.25) is 0 Å². The van der Waals surface area contributed by atoms with Crippen molar-refractivity contribution in [2.24, 2.45) is 0 Å². The van der Waals surface area contributed by atoms with Crippen LogP contribution in [-0.2, 0) is 0 Å². The molecule has 0 bridgehead atoms. The second-order valence-corrected chi connectivity index (χ2v) is 3.73. The molecule has 0 radical (unpaired) electrons. The average molecular weight is 180 g/mol. The Morgan fingerprint density at radius 2 is 2.23 bits per heavy atom. The monoisotopic (exact) mass is 180 g/mol. The summed E-state index contributed by atoms with van der Waals surface area (Å²) >= 11 is 0. The van der Waals surface area contributed by atoms with Gasteiger partial charge in [0, 0.05) is 0 Å². The Bertz CT molecular complexity index is 142. The third-order valence-corrected chi connectivity index (χ3v) is 2.28. The van der Waals surface area contributed by atoms with Gasteiger partial charge in [-0.2, -0.15) is 0 Å². The summed E-state index contributed by atoms with van der Waals surface area (Å²) in [5, 5.41) is 0. The Hall–Kier alpha value is -0.520. The Balaban J connectivity index is 0.000000226. The smallest absolute Gasteiger partial charge is 0.0323 e. The van der Waals surface area contributed by atoms with Crippen LogP contribution in [0, 0.1) is 0 Å². The highest BCUT2D eigenvalue weighted by Gasteiger charge is 1.95. The molecule has 0 N–H and O–H groups in total. The standard InChI is InChI=1S/C7H12.C6H12/c1-7-5-3-2-4-6-7;1-3-5-6-4-2/h5H,2-4,6H2,1H3;3H,1,4-6H2,2H3. The molecule has 1 aliphatic carbocycles. The molecule has 0 unspecified atom stereocenters. The number of rotatable bonds is 3. The van der Waals surface area contributed by atoms with Crippen molar-refractivity contribution in [3.8, 4) is 0 Å². The van der Waals surface area contributed by atoms with Gasteiger partial charge < -0.3 is 0 Å². The first kappa shape index (κ1) is 12.5. The quantitative estimate of drug-likeness (QED) is 0.429. The predicted molar refractivity (Wildman–Crippen MR) is 61.9 cm³/mol. The molecule has 0 amide bonds. The van der Waals surface area contributed by atoms with Crippen LogP contribution in [-0.4, -0.2) is 0 Å². The first-order chi connectivity index (χ1) is 6.31. The lowest BCUT2D eigenvalue weighted by Gasteiger charge is -2.05. The van der Waals surface area contributed by atoms with Crippen LogP contribution >= 0.6 is 0 Å². The highest BCUT2D eigenvalue weighted by atomic mass is 14.0. The molecule has 76 valence electrons. The lowest BCUT2D eigenvalue weighted by molar-refractivity contribution is 0.702. The number of hydrogen-bond donors (Lipinski definition) is 0. The SMILES string of the molecule is C=CCCCC.CC1=CCCCC1. The molecular weight excluding hydrogens is 156 g/mol.